The highest BCUT2D eigenvalue weighted by molar-refractivity contribution is 6.30. The second kappa shape index (κ2) is 14.0. The first-order valence-corrected chi connectivity index (χ1v) is 12.9. The fraction of sp³-hybridized carbons (Fsp3) is 0.500. The zero-order valence-corrected chi connectivity index (χ0v) is 24.2. The second-order valence-corrected chi connectivity index (χ2v) is 10.5. The molecule has 3 rings (SSSR count). The Hall–Kier alpha value is -2.52. The monoisotopic (exact) mass is 568 g/mol. The van der Waals surface area contributed by atoms with Gasteiger partial charge in [-0.15, -0.1) is 12.4 Å². The molecule has 0 saturated heterocycles. The minimum atomic E-state index is -1.08. The van der Waals surface area contributed by atoms with Crippen molar-refractivity contribution in [2.75, 3.05) is 38.3 Å². The molecule has 2 aromatic rings. The molecule has 1 amide bonds. The van der Waals surface area contributed by atoms with Gasteiger partial charge in [0.1, 0.15) is 12.2 Å². The first kappa shape index (κ1) is 31.7. The number of hydrogen-bond donors (Lipinski definition) is 1. The van der Waals surface area contributed by atoms with Crippen molar-refractivity contribution in [3.63, 3.8) is 0 Å². The minimum absolute atomic E-state index is 0. The van der Waals surface area contributed by atoms with Crippen LogP contribution in [0.2, 0.25) is 5.02 Å². The van der Waals surface area contributed by atoms with Gasteiger partial charge in [-0.25, -0.2) is 0 Å². The summed E-state index contributed by atoms with van der Waals surface area (Å²) in [6.07, 6.45) is -1.39. The molecule has 2 atom stereocenters. The van der Waals surface area contributed by atoms with E-state index < -0.39 is 18.2 Å². The number of para-hydroxylation sites is 1. The standard InChI is InChI=1S/C28H37ClN2O6.ClH/c1-6-35-24(32)16-23-27(33)31(17-28(2,3)4)21-12-11-18(29)15-20(21)25(37-23)19-9-7-10-22(26(19)34-5)36-14-8-13-30;/h7,9-12,15,23,25H,6,8,13-14,16-17,30H2,1-5H3;1H/t23-,25-;/m0./s1. The molecule has 2 aromatic carbocycles. The number of nitrogens with two attached hydrogens (primary N) is 1. The fourth-order valence-corrected chi connectivity index (χ4v) is 4.47. The van der Waals surface area contributed by atoms with Crippen molar-refractivity contribution < 1.29 is 28.5 Å². The Morgan fingerprint density at radius 3 is 2.55 bits per heavy atom. The van der Waals surface area contributed by atoms with Gasteiger partial charge in [-0.1, -0.05) is 44.5 Å². The van der Waals surface area contributed by atoms with E-state index in [0.29, 0.717) is 59.5 Å². The van der Waals surface area contributed by atoms with Crippen molar-refractivity contribution in [3.8, 4) is 11.5 Å². The molecule has 8 nitrogen and oxygen atoms in total. The van der Waals surface area contributed by atoms with Gasteiger partial charge in [0.05, 0.1) is 26.7 Å². The van der Waals surface area contributed by atoms with Crippen molar-refractivity contribution in [1.82, 2.24) is 0 Å². The van der Waals surface area contributed by atoms with E-state index in [1.165, 1.54) is 0 Å². The fourth-order valence-electron chi connectivity index (χ4n) is 4.29. The lowest BCUT2D eigenvalue weighted by atomic mass is 9.94. The van der Waals surface area contributed by atoms with Gasteiger partial charge in [0, 0.05) is 28.4 Å². The lowest BCUT2D eigenvalue weighted by molar-refractivity contribution is -0.151. The molecule has 0 spiro atoms. The Kier molecular flexibility index (Phi) is 11.7. The number of benzene rings is 2. The van der Waals surface area contributed by atoms with Crippen LogP contribution in [0.25, 0.3) is 0 Å². The van der Waals surface area contributed by atoms with E-state index in [0.717, 1.165) is 0 Å². The van der Waals surface area contributed by atoms with Crippen LogP contribution in [-0.4, -0.2) is 51.4 Å². The number of nitrogens with zero attached hydrogens (tertiary/aromatic N) is 1. The first-order valence-electron chi connectivity index (χ1n) is 12.5. The molecule has 210 valence electrons. The molecule has 0 radical (unpaired) electrons. The average Bonchev–Trinajstić information content (AvgIpc) is 2.93. The number of rotatable bonds is 10. The number of esters is 1. The van der Waals surface area contributed by atoms with Crippen molar-refractivity contribution in [2.45, 2.75) is 52.7 Å². The maximum Gasteiger partial charge on any atom is 0.308 e. The normalized spacial score (nSPS) is 17.2. The molecule has 1 aliphatic heterocycles. The third kappa shape index (κ3) is 7.76. The van der Waals surface area contributed by atoms with E-state index >= 15 is 0 Å². The molecule has 10 heteroatoms. The summed E-state index contributed by atoms with van der Waals surface area (Å²) in [6, 6.07) is 10.9. The molecule has 0 aromatic heterocycles. The van der Waals surface area contributed by atoms with Gasteiger partial charge in [-0.05, 0) is 49.6 Å². The number of hydrogen-bond acceptors (Lipinski definition) is 7. The van der Waals surface area contributed by atoms with Gasteiger partial charge in [0.25, 0.3) is 5.91 Å². The Bertz CT molecular complexity index is 1110. The molecule has 1 heterocycles. The summed E-state index contributed by atoms with van der Waals surface area (Å²) in [5.74, 6) is 0.181. The van der Waals surface area contributed by atoms with Crippen molar-refractivity contribution in [2.24, 2.45) is 11.1 Å². The van der Waals surface area contributed by atoms with Gasteiger partial charge in [-0.3, -0.25) is 9.59 Å². The van der Waals surface area contributed by atoms with Gasteiger partial charge in [0.15, 0.2) is 11.5 Å². The molecule has 1 aliphatic rings. The van der Waals surface area contributed by atoms with Gasteiger partial charge in [0.2, 0.25) is 0 Å². The van der Waals surface area contributed by atoms with E-state index in [4.69, 9.17) is 36.3 Å². The van der Waals surface area contributed by atoms with Crippen LogP contribution in [0.1, 0.15) is 57.8 Å². The zero-order valence-electron chi connectivity index (χ0n) is 22.6. The Morgan fingerprint density at radius 1 is 1.18 bits per heavy atom. The molecule has 38 heavy (non-hydrogen) atoms. The highest BCUT2D eigenvalue weighted by Gasteiger charge is 2.40. The highest BCUT2D eigenvalue weighted by atomic mass is 35.5. The quantitative estimate of drug-likeness (QED) is 0.306. The van der Waals surface area contributed by atoms with Crippen molar-refractivity contribution >= 4 is 41.6 Å². The Balaban J connectivity index is 0.00000507. The minimum Gasteiger partial charge on any atom is -0.492 e. The molecule has 0 fully saturated rings. The van der Waals surface area contributed by atoms with E-state index in [1.807, 2.05) is 45.0 Å². The zero-order chi connectivity index (χ0) is 27.2. The van der Waals surface area contributed by atoms with Gasteiger partial charge < -0.3 is 29.6 Å². The summed E-state index contributed by atoms with van der Waals surface area (Å²) >= 11 is 6.45. The Morgan fingerprint density at radius 2 is 1.92 bits per heavy atom. The third-order valence-electron chi connectivity index (χ3n) is 5.80. The topological polar surface area (TPSA) is 100 Å². The van der Waals surface area contributed by atoms with Crippen LogP contribution in [0, 0.1) is 5.41 Å². The summed E-state index contributed by atoms with van der Waals surface area (Å²) in [7, 11) is 1.55. The SMILES string of the molecule is CCOC(=O)C[C@@H]1O[C@@H](c2cccc(OCCCN)c2OC)c2cc(Cl)ccc2N(CC(C)(C)C)C1=O.Cl. The molecule has 2 N–H and O–H groups in total. The largest absolute Gasteiger partial charge is 0.492 e. The summed E-state index contributed by atoms with van der Waals surface area (Å²) < 4.78 is 23.3. The summed E-state index contributed by atoms with van der Waals surface area (Å²) in [6.45, 7) is 9.41. The number of ether oxygens (including phenoxy) is 4. The average molecular weight is 570 g/mol. The van der Waals surface area contributed by atoms with Crippen molar-refractivity contribution in [3.05, 3.63) is 52.5 Å². The molecule has 0 aliphatic carbocycles. The number of fused-ring (bicyclic) bond motifs is 1. The van der Waals surface area contributed by atoms with Gasteiger partial charge in [-0.2, -0.15) is 0 Å². The van der Waals surface area contributed by atoms with Gasteiger partial charge >= 0.3 is 5.97 Å². The molecule has 0 bridgehead atoms. The number of carbonyl (C=O) groups excluding carboxylic acids is 2. The molecular formula is C28H38Cl2N2O6. The maximum absolute atomic E-state index is 13.9. The summed E-state index contributed by atoms with van der Waals surface area (Å²) in [5, 5.41) is 0.494. The number of carbonyl (C=O) groups is 2. The van der Waals surface area contributed by atoms with E-state index in [9.17, 15) is 9.59 Å². The first-order chi connectivity index (χ1) is 17.6. The number of methoxy groups -OCH3 is 1. The van der Waals surface area contributed by atoms with E-state index in [1.54, 1.807) is 31.1 Å². The van der Waals surface area contributed by atoms with Crippen LogP contribution in [0.5, 0.6) is 11.5 Å². The van der Waals surface area contributed by atoms with Crippen LogP contribution in [-0.2, 0) is 19.1 Å². The smallest absolute Gasteiger partial charge is 0.308 e. The predicted octanol–water partition coefficient (Wildman–Crippen LogP) is 5.32. The number of amides is 1. The van der Waals surface area contributed by atoms with Crippen molar-refractivity contribution in [1.29, 1.82) is 0 Å². The lowest BCUT2D eigenvalue weighted by Gasteiger charge is -2.31. The van der Waals surface area contributed by atoms with Crippen LogP contribution >= 0.6 is 24.0 Å². The Labute approximate surface area is 236 Å². The summed E-state index contributed by atoms with van der Waals surface area (Å²) in [5.41, 5.74) is 7.40. The van der Waals surface area contributed by atoms with Crippen LogP contribution in [0.15, 0.2) is 36.4 Å². The number of anilines is 1. The highest BCUT2D eigenvalue weighted by Crippen LogP contribution is 2.45. The predicted molar refractivity (Wildman–Crippen MR) is 151 cm³/mol. The number of halogens is 2. The van der Waals surface area contributed by atoms with Crippen LogP contribution in [0.4, 0.5) is 5.69 Å². The maximum atomic E-state index is 13.9. The van der Waals surface area contributed by atoms with Crippen LogP contribution < -0.4 is 20.1 Å². The second-order valence-electron chi connectivity index (χ2n) is 10.1. The molecule has 0 unspecified atom stereocenters. The lowest BCUT2D eigenvalue weighted by Crippen LogP contribution is -2.44. The van der Waals surface area contributed by atoms with E-state index in [2.05, 4.69) is 0 Å². The van der Waals surface area contributed by atoms with Crippen LogP contribution in [0.3, 0.4) is 0 Å². The summed E-state index contributed by atoms with van der Waals surface area (Å²) in [4.78, 5) is 28.1. The molecule has 0 saturated carbocycles. The van der Waals surface area contributed by atoms with E-state index in [-0.39, 0.29) is 36.8 Å². The molecular weight excluding hydrogens is 531 g/mol. The third-order valence-corrected chi connectivity index (χ3v) is 6.03.